The van der Waals surface area contributed by atoms with Gasteiger partial charge in [0.2, 0.25) is 0 Å². The summed E-state index contributed by atoms with van der Waals surface area (Å²) in [5, 5.41) is 4.99. The van der Waals surface area contributed by atoms with Crippen LogP contribution in [-0.4, -0.2) is 0 Å². The Hall–Kier alpha value is -0.370. The Morgan fingerprint density at radius 3 is 2.86 bits per heavy atom. The van der Waals surface area contributed by atoms with E-state index in [0.29, 0.717) is 0 Å². The van der Waals surface area contributed by atoms with Crippen molar-refractivity contribution in [2.24, 2.45) is 0 Å². The van der Waals surface area contributed by atoms with Crippen LogP contribution in [0.5, 0.6) is 0 Å². The molecule has 1 rings (SSSR count). The van der Waals surface area contributed by atoms with Gasteiger partial charge in [0.25, 0.3) is 0 Å². The third-order valence-corrected chi connectivity index (χ3v) is 1.47. The fourth-order valence-electron chi connectivity index (χ4n) is 0.380. The molecule has 0 aromatic rings. The second-order valence-electron chi connectivity index (χ2n) is 1.34. The highest BCUT2D eigenvalue weighted by Crippen LogP contribution is 2.16. The Morgan fingerprint density at radius 2 is 2.57 bits per heavy atom. The molecule has 0 aliphatic carbocycles. The topological polar surface area (TPSA) is 12.0 Å². The van der Waals surface area contributed by atoms with Gasteiger partial charge in [-0.2, -0.15) is 0 Å². The van der Waals surface area contributed by atoms with Gasteiger partial charge in [0, 0.05) is 17.3 Å². The summed E-state index contributed by atoms with van der Waals surface area (Å²) in [4.78, 5) is 1.31. The van der Waals surface area contributed by atoms with Crippen molar-refractivity contribution in [3.8, 4) is 0 Å². The molecule has 0 spiro atoms. The highest BCUT2D eigenvalue weighted by atomic mass is 32.2. The second kappa shape index (κ2) is 2.07. The molecule has 0 amide bonds. The van der Waals surface area contributed by atoms with Gasteiger partial charge < -0.3 is 5.32 Å². The van der Waals surface area contributed by atoms with Crippen molar-refractivity contribution in [2.45, 2.75) is 6.92 Å². The summed E-state index contributed by atoms with van der Waals surface area (Å²) in [5.74, 6) is 0. The highest BCUT2D eigenvalue weighted by molar-refractivity contribution is 8.05. The number of hydrogen-bond donors (Lipinski definition) is 1. The highest BCUT2D eigenvalue weighted by Gasteiger charge is 1.86. The summed E-state index contributed by atoms with van der Waals surface area (Å²) in [7, 11) is 0. The predicted octanol–water partition coefficient (Wildman–Crippen LogP) is 1.66. The first-order valence-corrected chi connectivity index (χ1v) is 3.02. The summed E-state index contributed by atoms with van der Waals surface area (Å²) < 4.78 is 0. The third-order valence-electron chi connectivity index (χ3n) is 0.705. The van der Waals surface area contributed by atoms with E-state index >= 15 is 0 Å². The van der Waals surface area contributed by atoms with Crippen molar-refractivity contribution in [2.75, 3.05) is 0 Å². The first-order chi connectivity index (χ1) is 3.39. The summed E-state index contributed by atoms with van der Waals surface area (Å²) in [6.07, 6.45) is 3.89. The Balaban J connectivity index is 2.50. The lowest BCUT2D eigenvalue weighted by molar-refractivity contribution is 1.18. The molecule has 0 fully saturated rings. The maximum Gasteiger partial charge on any atom is 0.0101 e. The smallest absolute Gasteiger partial charge is 0.0101 e. The number of hydrogen-bond acceptors (Lipinski definition) is 2. The Labute approximate surface area is 47.5 Å². The zero-order valence-corrected chi connectivity index (χ0v) is 4.96. The molecule has 1 aliphatic rings. The lowest BCUT2D eigenvalue weighted by Crippen LogP contribution is -1.94. The Morgan fingerprint density at radius 1 is 1.71 bits per heavy atom. The van der Waals surface area contributed by atoms with Crippen LogP contribution in [0.15, 0.2) is 22.7 Å². The van der Waals surface area contributed by atoms with Gasteiger partial charge in [-0.3, -0.25) is 0 Å². The maximum absolute atomic E-state index is 2.97. The summed E-state index contributed by atoms with van der Waals surface area (Å²) in [6.45, 7) is 2.07. The fraction of sp³-hybridized carbons (Fsp3) is 0.200. The van der Waals surface area contributed by atoms with Crippen LogP contribution in [0.1, 0.15) is 6.92 Å². The molecule has 1 N–H and O–H groups in total. The number of nitrogens with one attached hydrogen (secondary N) is 1. The molecule has 0 aromatic heterocycles. The molecule has 0 saturated heterocycles. The van der Waals surface area contributed by atoms with E-state index in [-0.39, 0.29) is 0 Å². The average Bonchev–Trinajstić information content (AvgIpc) is 1.69. The molecular formula is C5H7NS. The van der Waals surface area contributed by atoms with Crippen molar-refractivity contribution in [1.29, 1.82) is 0 Å². The lowest BCUT2D eigenvalue weighted by atomic mass is 10.7. The van der Waals surface area contributed by atoms with Gasteiger partial charge in [0.15, 0.2) is 0 Å². The normalized spacial score (nSPS) is 18.1. The van der Waals surface area contributed by atoms with Crippen LogP contribution < -0.4 is 5.32 Å². The van der Waals surface area contributed by atoms with E-state index in [1.54, 1.807) is 11.8 Å². The molecule has 7 heavy (non-hydrogen) atoms. The summed E-state index contributed by atoms with van der Waals surface area (Å²) >= 11 is 1.74. The maximum atomic E-state index is 2.97. The van der Waals surface area contributed by atoms with E-state index in [1.807, 2.05) is 17.8 Å². The van der Waals surface area contributed by atoms with Crippen molar-refractivity contribution < 1.29 is 0 Å². The van der Waals surface area contributed by atoms with E-state index in [4.69, 9.17) is 0 Å². The number of allylic oxidation sites excluding steroid dienone is 1. The third kappa shape index (κ3) is 1.27. The molecule has 2 heteroatoms. The van der Waals surface area contributed by atoms with Gasteiger partial charge >= 0.3 is 0 Å². The first kappa shape index (κ1) is 4.78. The molecular weight excluding hydrogens is 106 g/mol. The van der Waals surface area contributed by atoms with Gasteiger partial charge in [-0.05, 0) is 12.3 Å². The second-order valence-corrected chi connectivity index (χ2v) is 2.49. The zero-order chi connectivity index (χ0) is 5.11. The largest absolute Gasteiger partial charge is 0.366 e. The lowest BCUT2D eigenvalue weighted by Gasteiger charge is -2.00. The van der Waals surface area contributed by atoms with Crippen LogP contribution in [0, 0.1) is 0 Å². The van der Waals surface area contributed by atoms with E-state index in [2.05, 4.69) is 12.2 Å². The average molecular weight is 113 g/mol. The van der Waals surface area contributed by atoms with Gasteiger partial charge in [0.1, 0.15) is 0 Å². The van der Waals surface area contributed by atoms with E-state index in [9.17, 15) is 0 Å². The van der Waals surface area contributed by atoms with E-state index in [0.717, 1.165) is 0 Å². The van der Waals surface area contributed by atoms with Crippen LogP contribution >= 0.6 is 11.8 Å². The molecule has 0 atom stereocenters. The molecule has 0 aromatic carbocycles. The fourth-order valence-corrected chi connectivity index (χ4v) is 0.877. The van der Waals surface area contributed by atoms with Crippen LogP contribution in [0.25, 0.3) is 0 Å². The quantitative estimate of drug-likeness (QED) is 0.512. The SMILES string of the molecule is CC1=CNC=CS1. The molecule has 1 nitrogen and oxygen atoms in total. The monoisotopic (exact) mass is 113 g/mol. The van der Waals surface area contributed by atoms with Crippen LogP contribution in [-0.2, 0) is 0 Å². The summed E-state index contributed by atoms with van der Waals surface area (Å²) in [6, 6.07) is 0. The number of thioether (sulfide) groups is 1. The van der Waals surface area contributed by atoms with Gasteiger partial charge in [-0.25, -0.2) is 0 Å². The van der Waals surface area contributed by atoms with Crippen molar-refractivity contribution >= 4 is 11.8 Å². The molecule has 0 bridgehead atoms. The molecule has 1 heterocycles. The predicted molar refractivity (Wildman–Crippen MR) is 33.6 cm³/mol. The first-order valence-electron chi connectivity index (χ1n) is 2.14. The standard InChI is InChI=1S/C5H7NS/c1-5-4-6-2-3-7-5/h2-4,6H,1H3. The molecule has 0 radical (unpaired) electrons. The van der Waals surface area contributed by atoms with Crippen molar-refractivity contribution in [3.05, 3.63) is 22.7 Å². The van der Waals surface area contributed by atoms with Gasteiger partial charge in [-0.15, -0.1) is 0 Å². The molecule has 1 aliphatic heterocycles. The minimum Gasteiger partial charge on any atom is -0.366 e. The van der Waals surface area contributed by atoms with Crippen molar-refractivity contribution in [3.63, 3.8) is 0 Å². The van der Waals surface area contributed by atoms with Gasteiger partial charge in [0.05, 0.1) is 0 Å². The van der Waals surface area contributed by atoms with Crippen LogP contribution in [0.2, 0.25) is 0 Å². The van der Waals surface area contributed by atoms with Crippen LogP contribution in [0.4, 0.5) is 0 Å². The van der Waals surface area contributed by atoms with Gasteiger partial charge in [-0.1, -0.05) is 11.8 Å². The number of rotatable bonds is 0. The minimum atomic E-state index is 1.31. The minimum absolute atomic E-state index is 1.31. The molecule has 38 valence electrons. The van der Waals surface area contributed by atoms with Crippen LogP contribution in [0.3, 0.4) is 0 Å². The molecule has 0 saturated carbocycles. The zero-order valence-electron chi connectivity index (χ0n) is 4.14. The van der Waals surface area contributed by atoms with E-state index < -0.39 is 0 Å². The van der Waals surface area contributed by atoms with Crippen molar-refractivity contribution in [1.82, 2.24) is 5.32 Å². The molecule has 0 unspecified atom stereocenters. The Kier molecular flexibility index (Phi) is 1.42. The summed E-state index contributed by atoms with van der Waals surface area (Å²) in [5.41, 5.74) is 0. The van der Waals surface area contributed by atoms with E-state index in [1.165, 1.54) is 4.91 Å². The Bertz CT molecular complexity index is 115.